The summed E-state index contributed by atoms with van der Waals surface area (Å²) >= 11 is 0. The van der Waals surface area contributed by atoms with Crippen molar-refractivity contribution in [3.63, 3.8) is 0 Å². The Morgan fingerprint density at radius 2 is 1.91 bits per heavy atom. The zero-order valence-electron chi connectivity index (χ0n) is 18.3. The molecule has 0 atom stereocenters. The number of aromatic nitrogens is 2. The zero-order valence-corrected chi connectivity index (χ0v) is 19.1. The van der Waals surface area contributed by atoms with Crippen molar-refractivity contribution in [2.75, 3.05) is 46.5 Å². The average molecular weight is 473 g/mol. The third-order valence-corrected chi connectivity index (χ3v) is 8.13. The maximum Gasteiger partial charge on any atom is 0.282 e. The van der Waals surface area contributed by atoms with E-state index in [1.165, 1.54) is 20.7 Å². The van der Waals surface area contributed by atoms with Gasteiger partial charge in [0.1, 0.15) is 17.2 Å². The van der Waals surface area contributed by atoms with Crippen LogP contribution in [-0.4, -0.2) is 73.5 Å². The molecular weight excluding hydrogens is 447 g/mol. The molecule has 3 aromatic rings. The van der Waals surface area contributed by atoms with Gasteiger partial charge in [0.25, 0.3) is 10.2 Å². The first-order chi connectivity index (χ1) is 16.0. The minimum Gasteiger partial charge on any atom is -0.496 e. The van der Waals surface area contributed by atoms with E-state index in [0.29, 0.717) is 62.8 Å². The Hall–Kier alpha value is -2.79. The third kappa shape index (κ3) is 4.15. The fourth-order valence-corrected chi connectivity index (χ4v) is 5.89. The predicted molar refractivity (Wildman–Crippen MR) is 124 cm³/mol. The molecule has 0 aliphatic carbocycles. The van der Waals surface area contributed by atoms with Crippen LogP contribution in [0.5, 0.6) is 5.75 Å². The summed E-state index contributed by atoms with van der Waals surface area (Å²) in [6.45, 7) is 2.33. The van der Waals surface area contributed by atoms with Crippen molar-refractivity contribution < 1.29 is 22.3 Å². The van der Waals surface area contributed by atoms with Gasteiger partial charge in [-0.05, 0) is 47.9 Å². The molecule has 1 saturated heterocycles. The van der Waals surface area contributed by atoms with E-state index >= 15 is 0 Å². The number of ether oxygens (including phenoxy) is 2. The number of fused-ring (bicyclic) bond motifs is 1. The molecule has 2 aliphatic heterocycles. The average Bonchev–Trinajstić information content (AvgIpc) is 3.29. The van der Waals surface area contributed by atoms with Gasteiger partial charge in [-0.3, -0.25) is 0 Å². The van der Waals surface area contributed by atoms with Gasteiger partial charge in [0.05, 0.1) is 20.3 Å². The quantitative estimate of drug-likeness (QED) is 0.617. The maximum atomic E-state index is 14.0. The van der Waals surface area contributed by atoms with Crippen LogP contribution in [0.4, 0.5) is 4.39 Å². The van der Waals surface area contributed by atoms with Gasteiger partial charge < -0.3 is 14.5 Å². The highest BCUT2D eigenvalue weighted by Gasteiger charge is 2.32. The number of halogens is 1. The standard InChI is InChI=1S/C23H25FN4O4S/c1-31-22-3-2-17(24)14-19(22)18-4-7-25-23-20(18)15-21(26-23)16-5-8-27(9-6-16)33(29,30)28-10-12-32-13-11-28/h2-5,7,14-15H,6,8-13H2,1H3,(H,25,26). The van der Waals surface area contributed by atoms with Crippen LogP contribution < -0.4 is 4.74 Å². The molecular formula is C23H25FN4O4S. The molecule has 33 heavy (non-hydrogen) atoms. The van der Waals surface area contributed by atoms with Gasteiger partial charge in [-0.1, -0.05) is 6.08 Å². The summed E-state index contributed by atoms with van der Waals surface area (Å²) in [6.07, 6.45) is 4.19. The second kappa shape index (κ2) is 8.86. The van der Waals surface area contributed by atoms with E-state index in [4.69, 9.17) is 9.47 Å². The highest BCUT2D eigenvalue weighted by atomic mass is 32.2. The molecule has 0 saturated carbocycles. The van der Waals surface area contributed by atoms with Crippen LogP contribution in [0.2, 0.25) is 0 Å². The molecule has 8 nitrogen and oxygen atoms in total. The number of nitrogens with zero attached hydrogens (tertiary/aromatic N) is 3. The molecule has 2 aromatic heterocycles. The number of rotatable bonds is 5. The molecule has 0 spiro atoms. The van der Waals surface area contributed by atoms with Crippen molar-refractivity contribution in [3.8, 4) is 16.9 Å². The molecule has 5 rings (SSSR count). The molecule has 2 aliphatic rings. The Morgan fingerprint density at radius 3 is 2.64 bits per heavy atom. The van der Waals surface area contributed by atoms with Crippen LogP contribution in [-0.2, 0) is 14.9 Å². The minimum atomic E-state index is -3.50. The number of H-pyrrole nitrogens is 1. The molecule has 10 heteroatoms. The summed E-state index contributed by atoms with van der Waals surface area (Å²) in [5, 5.41) is 0.848. The molecule has 1 N–H and O–H groups in total. The highest BCUT2D eigenvalue weighted by molar-refractivity contribution is 7.86. The Morgan fingerprint density at radius 1 is 1.09 bits per heavy atom. The third-order valence-electron chi connectivity index (χ3n) is 6.12. The van der Waals surface area contributed by atoms with Crippen LogP contribution in [0, 0.1) is 5.82 Å². The van der Waals surface area contributed by atoms with Gasteiger partial charge in [-0.2, -0.15) is 17.0 Å². The maximum absolute atomic E-state index is 14.0. The van der Waals surface area contributed by atoms with Gasteiger partial charge in [-0.25, -0.2) is 9.37 Å². The highest BCUT2D eigenvalue weighted by Crippen LogP contribution is 2.36. The number of benzene rings is 1. The Labute approximate surface area is 191 Å². The lowest BCUT2D eigenvalue weighted by atomic mass is 10.0. The first kappa shape index (κ1) is 22.0. The molecule has 0 amide bonds. The monoisotopic (exact) mass is 472 g/mol. The first-order valence-electron chi connectivity index (χ1n) is 10.8. The summed E-state index contributed by atoms with van der Waals surface area (Å²) in [7, 11) is -1.94. The van der Waals surface area contributed by atoms with Crippen molar-refractivity contribution in [3.05, 3.63) is 54.1 Å². The number of hydrogen-bond acceptors (Lipinski definition) is 5. The van der Waals surface area contributed by atoms with Crippen molar-refractivity contribution in [2.24, 2.45) is 0 Å². The lowest BCUT2D eigenvalue weighted by molar-refractivity contribution is 0.0703. The van der Waals surface area contributed by atoms with Crippen molar-refractivity contribution in [1.82, 2.24) is 18.6 Å². The minimum absolute atomic E-state index is 0.308. The fraction of sp³-hybridized carbons (Fsp3) is 0.348. The smallest absolute Gasteiger partial charge is 0.282 e. The Balaban J connectivity index is 1.44. The van der Waals surface area contributed by atoms with Crippen LogP contribution in [0.15, 0.2) is 42.6 Å². The lowest BCUT2D eigenvalue weighted by Crippen LogP contribution is -2.49. The van der Waals surface area contributed by atoms with Gasteiger partial charge >= 0.3 is 0 Å². The second-order valence-corrected chi connectivity index (χ2v) is 9.93. The van der Waals surface area contributed by atoms with E-state index < -0.39 is 10.2 Å². The summed E-state index contributed by atoms with van der Waals surface area (Å²) in [5.74, 6) is 0.232. The molecule has 1 aromatic carbocycles. The van der Waals surface area contributed by atoms with Gasteiger partial charge in [0, 0.05) is 49.0 Å². The topological polar surface area (TPSA) is 87.8 Å². The normalized spacial score (nSPS) is 18.4. The number of morpholine rings is 1. The van der Waals surface area contributed by atoms with E-state index in [-0.39, 0.29) is 5.82 Å². The molecule has 0 bridgehead atoms. The number of hydrogen-bond donors (Lipinski definition) is 1. The molecule has 4 heterocycles. The molecule has 174 valence electrons. The Kier molecular flexibility index (Phi) is 5.92. The number of aromatic amines is 1. The Bertz CT molecular complexity index is 1320. The van der Waals surface area contributed by atoms with Crippen LogP contribution >= 0.6 is 0 Å². The van der Waals surface area contributed by atoms with E-state index in [1.54, 1.807) is 19.4 Å². The van der Waals surface area contributed by atoms with Crippen LogP contribution in [0.1, 0.15) is 12.1 Å². The molecule has 1 fully saturated rings. The first-order valence-corrected chi connectivity index (χ1v) is 12.2. The summed E-state index contributed by atoms with van der Waals surface area (Å²) in [4.78, 5) is 7.77. The van der Waals surface area contributed by atoms with E-state index in [2.05, 4.69) is 9.97 Å². The summed E-state index contributed by atoms with van der Waals surface area (Å²) in [5.41, 5.74) is 4.04. The van der Waals surface area contributed by atoms with Gasteiger partial charge in [-0.15, -0.1) is 0 Å². The number of pyridine rings is 1. The summed E-state index contributed by atoms with van der Waals surface area (Å²) < 4.78 is 53.5. The fourth-order valence-electron chi connectivity index (χ4n) is 4.37. The summed E-state index contributed by atoms with van der Waals surface area (Å²) in [6, 6.07) is 8.25. The van der Waals surface area contributed by atoms with Crippen molar-refractivity contribution >= 4 is 26.8 Å². The SMILES string of the molecule is COc1ccc(F)cc1-c1ccnc2[nH]c(C3=CCN(S(=O)(=O)N4CCOCC4)CC3)cc12. The number of methoxy groups -OCH3 is 1. The zero-order chi connectivity index (χ0) is 23.0. The van der Waals surface area contributed by atoms with Crippen molar-refractivity contribution in [2.45, 2.75) is 6.42 Å². The largest absolute Gasteiger partial charge is 0.496 e. The van der Waals surface area contributed by atoms with E-state index in [0.717, 1.165) is 22.2 Å². The van der Waals surface area contributed by atoms with Crippen LogP contribution in [0.25, 0.3) is 27.7 Å². The van der Waals surface area contributed by atoms with E-state index in [1.807, 2.05) is 18.2 Å². The van der Waals surface area contributed by atoms with Crippen molar-refractivity contribution in [1.29, 1.82) is 0 Å². The van der Waals surface area contributed by atoms with Gasteiger partial charge in [0.15, 0.2) is 0 Å². The number of nitrogens with one attached hydrogen (secondary N) is 1. The van der Waals surface area contributed by atoms with Gasteiger partial charge in [0.2, 0.25) is 0 Å². The lowest BCUT2D eigenvalue weighted by Gasteiger charge is -2.33. The van der Waals surface area contributed by atoms with Crippen LogP contribution in [0.3, 0.4) is 0 Å². The molecule has 0 unspecified atom stereocenters. The molecule has 0 radical (unpaired) electrons. The van der Waals surface area contributed by atoms with E-state index in [9.17, 15) is 12.8 Å². The predicted octanol–water partition coefficient (Wildman–Crippen LogP) is 3.04. The second-order valence-electron chi connectivity index (χ2n) is 8.00.